The monoisotopic (exact) mass is 242 g/mol. The average molecular weight is 242 g/mol. The van der Waals surface area contributed by atoms with Crippen molar-refractivity contribution in [2.45, 2.75) is 32.9 Å². The van der Waals surface area contributed by atoms with E-state index in [4.69, 9.17) is 0 Å². The highest BCUT2D eigenvalue weighted by atomic mass is 19.1. The highest BCUT2D eigenvalue weighted by Gasteiger charge is 2.06. The van der Waals surface area contributed by atoms with Gasteiger partial charge >= 0.3 is 0 Å². The normalized spacial score (nSPS) is 11.1. The molecule has 2 nitrogen and oxygen atoms in total. The first-order valence-corrected chi connectivity index (χ1v) is 5.98. The molecule has 1 aromatic rings. The van der Waals surface area contributed by atoms with Crippen molar-refractivity contribution in [2.75, 3.05) is 13.1 Å². The summed E-state index contributed by atoms with van der Waals surface area (Å²) in [6.07, 6.45) is 0.939. The summed E-state index contributed by atoms with van der Waals surface area (Å²) in [7, 11) is 0. The largest absolute Gasteiger partial charge is 0.314 e. The van der Waals surface area contributed by atoms with Crippen LogP contribution in [-0.4, -0.2) is 19.1 Å². The van der Waals surface area contributed by atoms with Gasteiger partial charge in [0, 0.05) is 18.2 Å². The van der Waals surface area contributed by atoms with Crippen molar-refractivity contribution in [1.29, 1.82) is 0 Å². The Morgan fingerprint density at radius 2 is 1.76 bits per heavy atom. The molecule has 0 heterocycles. The minimum atomic E-state index is -0.488. The molecule has 0 atom stereocenters. The predicted octanol–water partition coefficient (Wildman–Crippen LogP) is 2.44. The first kappa shape index (κ1) is 14.1. The van der Waals surface area contributed by atoms with E-state index in [2.05, 4.69) is 24.5 Å². The lowest BCUT2D eigenvalue weighted by Gasteiger charge is -2.09. The Balaban J connectivity index is 2.22. The van der Waals surface area contributed by atoms with Gasteiger partial charge in [0.1, 0.15) is 11.6 Å². The van der Waals surface area contributed by atoms with Crippen LogP contribution in [0.3, 0.4) is 0 Å². The lowest BCUT2D eigenvalue weighted by molar-refractivity contribution is 0.518. The molecule has 0 saturated heterocycles. The van der Waals surface area contributed by atoms with Gasteiger partial charge in [0.25, 0.3) is 0 Å². The van der Waals surface area contributed by atoms with Crippen LogP contribution in [0.15, 0.2) is 18.2 Å². The fraction of sp³-hybridized carbons (Fsp3) is 0.538. The fourth-order valence-corrected chi connectivity index (χ4v) is 1.52. The molecule has 0 radical (unpaired) electrons. The van der Waals surface area contributed by atoms with Crippen molar-refractivity contribution in [2.24, 2.45) is 0 Å². The van der Waals surface area contributed by atoms with Gasteiger partial charge in [-0.3, -0.25) is 0 Å². The summed E-state index contributed by atoms with van der Waals surface area (Å²) in [6, 6.07) is 4.40. The van der Waals surface area contributed by atoms with Crippen molar-refractivity contribution >= 4 is 0 Å². The molecule has 17 heavy (non-hydrogen) atoms. The van der Waals surface area contributed by atoms with Crippen LogP contribution >= 0.6 is 0 Å². The van der Waals surface area contributed by atoms with Crippen LogP contribution in [0.1, 0.15) is 25.8 Å². The summed E-state index contributed by atoms with van der Waals surface area (Å²) >= 11 is 0. The van der Waals surface area contributed by atoms with E-state index in [0.29, 0.717) is 6.04 Å². The Morgan fingerprint density at radius 3 is 2.35 bits per heavy atom. The minimum absolute atomic E-state index is 0.115. The van der Waals surface area contributed by atoms with E-state index in [1.165, 1.54) is 18.2 Å². The predicted molar refractivity (Wildman–Crippen MR) is 65.8 cm³/mol. The first-order chi connectivity index (χ1) is 8.11. The van der Waals surface area contributed by atoms with E-state index >= 15 is 0 Å². The van der Waals surface area contributed by atoms with Crippen molar-refractivity contribution in [3.05, 3.63) is 35.4 Å². The van der Waals surface area contributed by atoms with Crippen LogP contribution < -0.4 is 10.6 Å². The molecule has 0 aromatic heterocycles. The van der Waals surface area contributed by atoms with Crippen molar-refractivity contribution in [3.63, 3.8) is 0 Å². The van der Waals surface area contributed by atoms with Gasteiger partial charge in [-0.1, -0.05) is 19.9 Å². The maximum Gasteiger partial charge on any atom is 0.130 e. The second-order valence-electron chi connectivity index (χ2n) is 4.34. The molecule has 0 spiro atoms. The van der Waals surface area contributed by atoms with Gasteiger partial charge in [0.15, 0.2) is 0 Å². The quantitative estimate of drug-likeness (QED) is 0.718. The molecule has 0 aliphatic carbocycles. The maximum atomic E-state index is 13.2. The van der Waals surface area contributed by atoms with Gasteiger partial charge < -0.3 is 10.6 Å². The van der Waals surface area contributed by atoms with E-state index in [1.54, 1.807) is 0 Å². The third-order valence-corrected chi connectivity index (χ3v) is 2.45. The summed E-state index contributed by atoms with van der Waals surface area (Å²) in [5.74, 6) is -0.976. The summed E-state index contributed by atoms with van der Waals surface area (Å²) < 4.78 is 26.5. The molecule has 0 unspecified atom stereocenters. The molecule has 0 aliphatic heterocycles. The molecule has 1 aromatic carbocycles. The second kappa shape index (κ2) is 7.35. The summed E-state index contributed by atoms with van der Waals surface area (Å²) in [6.45, 7) is 6.06. The number of halogens is 2. The van der Waals surface area contributed by atoms with Gasteiger partial charge in [-0.15, -0.1) is 0 Å². The van der Waals surface area contributed by atoms with E-state index < -0.39 is 11.6 Å². The summed E-state index contributed by atoms with van der Waals surface area (Å²) in [5.41, 5.74) is 0.115. The molecular formula is C13H20F2N2. The highest BCUT2D eigenvalue weighted by Crippen LogP contribution is 2.11. The minimum Gasteiger partial charge on any atom is -0.314 e. The van der Waals surface area contributed by atoms with E-state index in [1.807, 2.05) is 0 Å². The molecule has 4 heteroatoms. The lowest BCUT2D eigenvalue weighted by Crippen LogP contribution is -2.27. The van der Waals surface area contributed by atoms with Crippen LogP contribution in [0.2, 0.25) is 0 Å². The molecule has 0 aliphatic rings. The van der Waals surface area contributed by atoms with Crippen molar-refractivity contribution in [1.82, 2.24) is 10.6 Å². The van der Waals surface area contributed by atoms with E-state index in [-0.39, 0.29) is 12.1 Å². The number of rotatable bonds is 7. The molecule has 96 valence electrons. The summed E-state index contributed by atoms with van der Waals surface area (Å²) in [5, 5.41) is 6.32. The van der Waals surface area contributed by atoms with Gasteiger partial charge in [-0.25, -0.2) is 8.78 Å². The zero-order chi connectivity index (χ0) is 12.7. The Hall–Kier alpha value is -1.00. The third-order valence-electron chi connectivity index (χ3n) is 2.45. The van der Waals surface area contributed by atoms with Crippen molar-refractivity contribution < 1.29 is 8.78 Å². The standard InChI is InChI=1S/C13H20F2N2/c1-10(2)17-8-4-7-16-9-11-12(14)5-3-6-13(11)15/h3,5-6,10,16-17H,4,7-9H2,1-2H3. The van der Waals surface area contributed by atoms with Gasteiger partial charge in [-0.2, -0.15) is 0 Å². The molecule has 2 N–H and O–H groups in total. The summed E-state index contributed by atoms with van der Waals surface area (Å²) in [4.78, 5) is 0. The molecule has 0 fully saturated rings. The number of hydrogen-bond acceptors (Lipinski definition) is 2. The molecule has 0 bridgehead atoms. The Bertz CT molecular complexity index is 320. The average Bonchev–Trinajstić information content (AvgIpc) is 2.26. The number of benzene rings is 1. The Morgan fingerprint density at radius 1 is 1.12 bits per heavy atom. The van der Waals surface area contributed by atoms with Gasteiger partial charge in [0.05, 0.1) is 0 Å². The number of nitrogens with one attached hydrogen (secondary N) is 2. The SMILES string of the molecule is CC(C)NCCCNCc1c(F)cccc1F. The van der Waals surface area contributed by atoms with Crippen LogP contribution in [0.25, 0.3) is 0 Å². The van der Waals surface area contributed by atoms with Gasteiger partial charge in [0.2, 0.25) is 0 Å². The Kier molecular flexibility index (Phi) is 6.08. The van der Waals surface area contributed by atoms with Crippen LogP contribution in [0.5, 0.6) is 0 Å². The fourth-order valence-electron chi connectivity index (χ4n) is 1.52. The number of hydrogen-bond donors (Lipinski definition) is 2. The topological polar surface area (TPSA) is 24.1 Å². The van der Waals surface area contributed by atoms with Gasteiger partial charge in [-0.05, 0) is 31.6 Å². The highest BCUT2D eigenvalue weighted by molar-refractivity contribution is 5.19. The van der Waals surface area contributed by atoms with E-state index in [0.717, 1.165) is 19.5 Å². The molecule has 0 saturated carbocycles. The van der Waals surface area contributed by atoms with Crippen LogP contribution in [-0.2, 0) is 6.54 Å². The zero-order valence-corrected chi connectivity index (χ0v) is 10.4. The first-order valence-electron chi connectivity index (χ1n) is 5.98. The molecular weight excluding hydrogens is 222 g/mol. The third kappa shape index (κ3) is 5.24. The maximum absolute atomic E-state index is 13.2. The zero-order valence-electron chi connectivity index (χ0n) is 10.4. The Labute approximate surface area is 101 Å². The molecule has 0 amide bonds. The smallest absolute Gasteiger partial charge is 0.130 e. The second-order valence-corrected chi connectivity index (χ2v) is 4.34. The van der Waals surface area contributed by atoms with E-state index in [9.17, 15) is 8.78 Å². The van der Waals surface area contributed by atoms with Crippen LogP contribution in [0, 0.1) is 11.6 Å². The lowest BCUT2D eigenvalue weighted by atomic mass is 10.2. The van der Waals surface area contributed by atoms with Crippen LogP contribution in [0.4, 0.5) is 8.78 Å². The van der Waals surface area contributed by atoms with Crippen molar-refractivity contribution in [3.8, 4) is 0 Å². The molecule has 1 rings (SSSR count).